The molecular formula is C13H15Cl2NO2. The van der Waals surface area contributed by atoms with Crippen molar-refractivity contribution in [2.45, 2.75) is 25.3 Å². The summed E-state index contributed by atoms with van der Waals surface area (Å²) in [6.07, 6.45) is 2.37. The molecule has 1 aliphatic carbocycles. The number of nitrogens with zero attached hydrogens (tertiary/aromatic N) is 1. The Labute approximate surface area is 116 Å². The number of aliphatic hydroxyl groups excluding tert-OH is 1. The molecule has 3 nitrogen and oxygen atoms in total. The van der Waals surface area contributed by atoms with Crippen molar-refractivity contribution in [3.8, 4) is 0 Å². The normalized spacial score (nSPS) is 14.6. The monoisotopic (exact) mass is 287 g/mol. The van der Waals surface area contributed by atoms with Gasteiger partial charge < -0.3 is 10.0 Å². The summed E-state index contributed by atoms with van der Waals surface area (Å²) in [5.41, 5.74) is 0.845. The van der Waals surface area contributed by atoms with Crippen molar-refractivity contribution in [2.75, 3.05) is 13.2 Å². The number of hydrogen-bond acceptors (Lipinski definition) is 2. The fourth-order valence-corrected chi connectivity index (χ4v) is 2.25. The highest BCUT2D eigenvalue weighted by atomic mass is 35.5. The topological polar surface area (TPSA) is 40.5 Å². The van der Waals surface area contributed by atoms with E-state index in [1.54, 1.807) is 23.1 Å². The summed E-state index contributed by atoms with van der Waals surface area (Å²) < 4.78 is 0. The van der Waals surface area contributed by atoms with E-state index in [-0.39, 0.29) is 12.5 Å². The number of hydrogen-bond donors (Lipinski definition) is 1. The lowest BCUT2D eigenvalue weighted by Gasteiger charge is -2.21. The summed E-state index contributed by atoms with van der Waals surface area (Å²) in [5.74, 6) is 0.0324. The average molecular weight is 288 g/mol. The van der Waals surface area contributed by atoms with Gasteiger partial charge in [-0.2, -0.15) is 0 Å². The van der Waals surface area contributed by atoms with Gasteiger partial charge in [-0.15, -0.1) is 0 Å². The molecule has 0 unspecified atom stereocenters. The Morgan fingerprint density at radius 3 is 2.61 bits per heavy atom. The highest BCUT2D eigenvalue weighted by molar-refractivity contribution is 6.42. The van der Waals surface area contributed by atoms with Crippen LogP contribution in [0.1, 0.15) is 18.4 Å². The minimum Gasteiger partial charge on any atom is -0.395 e. The maximum Gasteiger partial charge on any atom is 0.227 e. The SMILES string of the molecule is O=C(Cc1ccc(Cl)c(Cl)c1)N(CCO)C1CC1. The molecule has 0 aliphatic heterocycles. The van der Waals surface area contributed by atoms with Gasteiger partial charge in [0.1, 0.15) is 0 Å². The fourth-order valence-electron chi connectivity index (χ4n) is 1.93. The van der Waals surface area contributed by atoms with Gasteiger partial charge in [-0.05, 0) is 30.5 Å². The lowest BCUT2D eigenvalue weighted by Crippen LogP contribution is -2.36. The Morgan fingerprint density at radius 1 is 1.33 bits per heavy atom. The summed E-state index contributed by atoms with van der Waals surface area (Å²) >= 11 is 11.7. The summed E-state index contributed by atoms with van der Waals surface area (Å²) in [6, 6.07) is 5.52. The highest BCUT2D eigenvalue weighted by Crippen LogP contribution is 2.28. The number of rotatable bonds is 5. The molecule has 5 heteroatoms. The van der Waals surface area contributed by atoms with E-state index in [2.05, 4.69) is 0 Å². The molecule has 0 bridgehead atoms. The number of halogens is 2. The smallest absolute Gasteiger partial charge is 0.227 e. The molecule has 0 radical (unpaired) electrons. The molecule has 98 valence electrons. The third-order valence-electron chi connectivity index (χ3n) is 2.99. The first kappa shape index (κ1) is 13.7. The number of amides is 1. The molecular weight excluding hydrogens is 273 g/mol. The molecule has 1 amide bonds. The van der Waals surface area contributed by atoms with Crippen LogP contribution in [0.2, 0.25) is 10.0 Å². The molecule has 1 N–H and O–H groups in total. The van der Waals surface area contributed by atoms with Gasteiger partial charge in [0, 0.05) is 12.6 Å². The third-order valence-corrected chi connectivity index (χ3v) is 3.73. The molecule has 1 aromatic carbocycles. The minimum atomic E-state index is 0.00359. The molecule has 1 aromatic rings. The van der Waals surface area contributed by atoms with Crippen LogP contribution in [0.3, 0.4) is 0 Å². The van der Waals surface area contributed by atoms with Crippen molar-refractivity contribution < 1.29 is 9.90 Å². The first-order chi connectivity index (χ1) is 8.61. The molecule has 1 fully saturated rings. The van der Waals surface area contributed by atoms with E-state index in [0.717, 1.165) is 18.4 Å². The lowest BCUT2D eigenvalue weighted by molar-refractivity contribution is -0.131. The zero-order valence-electron chi connectivity index (χ0n) is 9.90. The van der Waals surface area contributed by atoms with Crippen LogP contribution in [-0.2, 0) is 11.2 Å². The molecule has 0 saturated heterocycles. The van der Waals surface area contributed by atoms with Gasteiger partial charge >= 0.3 is 0 Å². The van der Waals surface area contributed by atoms with Crippen molar-refractivity contribution in [3.05, 3.63) is 33.8 Å². The molecule has 2 rings (SSSR count). The second-order valence-electron chi connectivity index (χ2n) is 4.47. The Balaban J connectivity index is 2.02. The van der Waals surface area contributed by atoms with Crippen LogP contribution in [0.5, 0.6) is 0 Å². The quantitative estimate of drug-likeness (QED) is 0.904. The number of benzene rings is 1. The highest BCUT2D eigenvalue weighted by Gasteiger charge is 2.31. The second-order valence-corrected chi connectivity index (χ2v) is 5.28. The van der Waals surface area contributed by atoms with Crippen molar-refractivity contribution in [1.82, 2.24) is 4.90 Å². The molecule has 18 heavy (non-hydrogen) atoms. The molecule has 1 aliphatic rings. The van der Waals surface area contributed by atoms with E-state index in [1.807, 2.05) is 0 Å². The molecule has 1 saturated carbocycles. The van der Waals surface area contributed by atoms with E-state index in [4.69, 9.17) is 28.3 Å². The molecule has 0 aromatic heterocycles. The van der Waals surface area contributed by atoms with Crippen molar-refractivity contribution in [2.24, 2.45) is 0 Å². The van der Waals surface area contributed by atoms with Gasteiger partial charge in [0.15, 0.2) is 0 Å². The molecule has 0 spiro atoms. The van der Waals surface area contributed by atoms with Gasteiger partial charge in [-0.3, -0.25) is 4.79 Å². The van der Waals surface area contributed by atoms with E-state index in [1.165, 1.54) is 0 Å². The molecule has 0 atom stereocenters. The number of carbonyl (C=O) groups is 1. The van der Waals surface area contributed by atoms with Crippen LogP contribution in [0.4, 0.5) is 0 Å². The van der Waals surface area contributed by atoms with Crippen molar-refractivity contribution >= 4 is 29.1 Å². The van der Waals surface area contributed by atoms with Gasteiger partial charge in [0.2, 0.25) is 5.91 Å². The number of aliphatic hydroxyl groups is 1. The average Bonchev–Trinajstić information content (AvgIpc) is 3.15. The van der Waals surface area contributed by atoms with Crippen molar-refractivity contribution in [1.29, 1.82) is 0 Å². The fraction of sp³-hybridized carbons (Fsp3) is 0.462. The van der Waals surface area contributed by atoms with Crippen LogP contribution in [0.15, 0.2) is 18.2 Å². The van der Waals surface area contributed by atoms with Gasteiger partial charge in [0.05, 0.1) is 23.1 Å². The van der Waals surface area contributed by atoms with Crippen LogP contribution in [-0.4, -0.2) is 35.1 Å². The summed E-state index contributed by atoms with van der Waals surface area (Å²) in [6.45, 7) is 0.411. The van der Waals surface area contributed by atoms with Crippen LogP contribution >= 0.6 is 23.2 Å². The first-order valence-electron chi connectivity index (χ1n) is 5.96. The maximum absolute atomic E-state index is 12.1. The van der Waals surface area contributed by atoms with Gasteiger partial charge in [-0.1, -0.05) is 29.3 Å². The Morgan fingerprint density at radius 2 is 2.06 bits per heavy atom. The predicted octanol–water partition coefficient (Wildman–Crippen LogP) is 2.52. The maximum atomic E-state index is 12.1. The third kappa shape index (κ3) is 3.37. The Hall–Kier alpha value is -0.770. The Kier molecular flexibility index (Phi) is 4.49. The van der Waals surface area contributed by atoms with Crippen LogP contribution < -0.4 is 0 Å². The van der Waals surface area contributed by atoms with E-state index < -0.39 is 0 Å². The summed E-state index contributed by atoms with van der Waals surface area (Å²) in [4.78, 5) is 13.9. The summed E-state index contributed by atoms with van der Waals surface area (Å²) in [7, 11) is 0. The van der Waals surface area contributed by atoms with E-state index in [0.29, 0.717) is 29.1 Å². The van der Waals surface area contributed by atoms with Crippen LogP contribution in [0, 0.1) is 0 Å². The minimum absolute atomic E-state index is 0.00359. The number of carbonyl (C=O) groups excluding carboxylic acids is 1. The van der Waals surface area contributed by atoms with E-state index in [9.17, 15) is 4.79 Å². The van der Waals surface area contributed by atoms with Gasteiger partial charge in [-0.25, -0.2) is 0 Å². The molecule has 0 heterocycles. The standard InChI is InChI=1S/C13H15Cl2NO2/c14-11-4-1-9(7-12(11)15)8-13(18)16(5-6-17)10-2-3-10/h1,4,7,10,17H,2-3,5-6,8H2. The second kappa shape index (κ2) is 5.91. The zero-order valence-corrected chi connectivity index (χ0v) is 11.4. The summed E-state index contributed by atoms with van der Waals surface area (Å²) in [5, 5.41) is 9.92. The van der Waals surface area contributed by atoms with E-state index >= 15 is 0 Å². The largest absolute Gasteiger partial charge is 0.395 e. The van der Waals surface area contributed by atoms with Crippen LogP contribution in [0.25, 0.3) is 0 Å². The van der Waals surface area contributed by atoms with Crippen molar-refractivity contribution in [3.63, 3.8) is 0 Å². The Bertz CT molecular complexity index is 447. The zero-order chi connectivity index (χ0) is 13.1. The predicted molar refractivity (Wildman–Crippen MR) is 72.0 cm³/mol. The lowest BCUT2D eigenvalue weighted by atomic mass is 10.1. The first-order valence-corrected chi connectivity index (χ1v) is 6.71. The van der Waals surface area contributed by atoms with Gasteiger partial charge in [0.25, 0.3) is 0 Å².